The molecule has 11 heteroatoms. The number of carbonyl (C=O) groups is 2. The van der Waals surface area contributed by atoms with Crippen molar-refractivity contribution in [1.29, 1.82) is 0 Å². The molecule has 0 amide bonds. The number of carboxylic acid groups (broad SMARTS) is 1. The summed E-state index contributed by atoms with van der Waals surface area (Å²) in [6.07, 6.45) is 47.0. The minimum Gasteiger partial charge on any atom is -0.480 e. The first-order valence-corrected chi connectivity index (χ1v) is 22.8. The molecule has 55 heavy (non-hydrogen) atoms. The Morgan fingerprint density at radius 3 is 1.58 bits per heavy atom. The number of hydrogen-bond acceptors (Lipinski definition) is 8. The number of phosphoric acid groups is 1. The highest BCUT2D eigenvalue weighted by atomic mass is 31.2. The summed E-state index contributed by atoms with van der Waals surface area (Å²) in [5.41, 5.74) is 5.34. The van der Waals surface area contributed by atoms with Gasteiger partial charge in [-0.25, -0.2) is 4.57 Å². The van der Waals surface area contributed by atoms with Gasteiger partial charge in [0.25, 0.3) is 0 Å². The number of allylic oxidation sites excluding steroid dienone is 10. The van der Waals surface area contributed by atoms with Gasteiger partial charge in [-0.1, -0.05) is 164 Å². The van der Waals surface area contributed by atoms with Crippen molar-refractivity contribution < 1.29 is 42.7 Å². The van der Waals surface area contributed by atoms with Gasteiger partial charge in [0.05, 0.1) is 19.8 Å². The number of esters is 1. The fourth-order valence-corrected chi connectivity index (χ4v) is 6.29. The minimum absolute atomic E-state index is 0.0113. The second kappa shape index (κ2) is 39.9. The summed E-state index contributed by atoms with van der Waals surface area (Å²) in [6.45, 7) is 3.73. The Morgan fingerprint density at radius 2 is 1.05 bits per heavy atom. The average Bonchev–Trinajstić information content (AvgIpc) is 3.16. The van der Waals surface area contributed by atoms with Gasteiger partial charge in [0.15, 0.2) is 0 Å². The first-order chi connectivity index (χ1) is 26.7. The molecule has 0 radical (unpaired) electrons. The van der Waals surface area contributed by atoms with Gasteiger partial charge in [-0.2, -0.15) is 0 Å². The molecule has 0 aromatic carbocycles. The highest BCUT2D eigenvalue weighted by molar-refractivity contribution is 7.47. The number of carboxylic acids is 1. The van der Waals surface area contributed by atoms with Crippen molar-refractivity contribution in [3.63, 3.8) is 0 Å². The van der Waals surface area contributed by atoms with Crippen LogP contribution in [0.4, 0.5) is 0 Å². The van der Waals surface area contributed by atoms with Crippen molar-refractivity contribution in [2.45, 2.75) is 180 Å². The van der Waals surface area contributed by atoms with Crippen molar-refractivity contribution in [2.75, 3.05) is 26.4 Å². The Hall–Kier alpha value is -2.33. The smallest absolute Gasteiger partial charge is 0.472 e. The molecule has 0 fully saturated rings. The third kappa shape index (κ3) is 39.7. The fraction of sp³-hybridized carbons (Fsp3) is 0.727. The monoisotopic (exact) mass is 796 g/mol. The summed E-state index contributed by atoms with van der Waals surface area (Å²) in [4.78, 5) is 33.5. The van der Waals surface area contributed by atoms with Crippen LogP contribution in [0.1, 0.15) is 168 Å². The summed E-state index contributed by atoms with van der Waals surface area (Å²) < 4.78 is 33.3. The number of unbranched alkanes of at least 4 members (excludes halogenated alkanes) is 16. The van der Waals surface area contributed by atoms with Gasteiger partial charge < -0.3 is 25.2 Å². The van der Waals surface area contributed by atoms with E-state index >= 15 is 0 Å². The number of carbonyl (C=O) groups excluding carboxylic acids is 1. The number of hydrogen-bond donors (Lipinski definition) is 3. The Bertz CT molecular complexity index is 1100. The third-order valence-corrected chi connectivity index (χ3v) is 9.76. The quantitative estimate of drug-likeness (QED) is 0.0236. The van der Waals surface area contributed by atoms with Crippen LogP contribution in [0.25, 0.3) is 0 Å². The second-order valence-corrected chi connectivity index (χ2v) is 15.5. The van der Waals surface area contributed by atoms with E-state index in [1.54, 1.807) is 0 Å². The van der Waals surface area contributed by atoms with Gasteiger partial charge >= 0.3 is 19.8 Å². The molecule has 0 aliphatic carbocycles. The highest BCUT2D eigenvalue weighted by Gasteiger charge is 2.27. The molecule has 0 bridgehead atoms. The highest BCUT2D eigenvalue weighted by Crippen LogP contribution is 2.43. The maximum Gasteiger partial charge on any atom is 0.472 e. The van der Waals surface area contributed by atoms with E-state index in [2.05, 4.69) is 74.6 Å². The lowest BCUT2D eigenvalue weighted by atomic mass is 10.1. The Morgan fingerprint density at radius 1 is 0.600 bits per heavy atom. The number of rotatable bonds is 40. The summed E-state index contributed by atoms with van der Waals surface area (Å²) in [7, 11) is -4.62. The van der Waals surface area contributed by atoms with Gasteiger partial charge in [-0.15, -0.1) is 0 Å². The van der Waals surface area contributed by atoms with Crippen LogP contribution in [0.15, 0.2) is 60.8 Å². The Balaban J connectivity index is 4.20. The van der Waals surface area contributed by atoms with Crippen LogP contribution in [-0.4, -0.2) is 60.5 Å². The molecule has 3 unspecified atom stereocenters. The Kier molecular flexibility index (Phi) is 38.2. The van der Waals surface area contributed by atoms with Crippen LogP contribution >= 0.6 is 7.82 Å². The third-order valence-electron chi connectivity index (χ3n) is 8.81. The average molecular weight is 796 g/mol. The van der Waals surface area contributed by atoms with Gasteiger partial charge in [0.1, 0.15) is 12.1 Å². The van der Waals surface area contributed by atoms with E-state index in [4.69, 9.17) is 29.4 Å². The molecule has 0 aliphatic rings. The molecule has 3 atom stereocenters. The molecule has 10 nitrogen and oxygen atoms in total. The zero-order chi connectivity index (χ0) is 40.5. The van der Waals surface area contributed by atoms with Crippen molar-refractivity contribution in [3.05, 3.63) is 60.8 Å². The molecule has 0 heterocycles. The van der Waals surface area contributed by atoms with E-state index in [9.17, 15) is 19.0 Å². The molecular formula is C44H78NO9P. The van der Waals surface area contributed by atoms with E-state index < -0.39 is 45.1 Å². The molecular weight excluding hydrogens is 717 g/mol. The molecule has 0 spiro atoms. The zero-order valence-corrected chi connectivity index (χ0v) is 35.4. The first-order valence-electron chi connectivity index (χ1n) is 21.3. The van der Waals surface area contributed by atoms with Crippen LogP contribution in [-0.2, 0) is 32.7 Å². The molecule has 0 aromatic rings. The maximum absolute atomic E-state index is 12.6. The van der Waals surface area contributed by atoms with Crippen molar-refractivity contribution >= 4 is 19.8 Å². The van der Waals surface area contributed by atoms with Gasteiger partial charge in [0.2, 0.25) is 0 Å². The molecule has 4 N–H and O–H groups in total. The minimum atomic E-state index is -4.62. The van der Waals surface area contributed by atoms with Crippen LogP contribution in [0.2, 0.25) is 0 Å². The normalized spacial score (nSPS) is 14.5. The lowest BCUT2D eigenvalue weighted by Gasteiger charge is -2.20. The summed E-state index contributed by atoms with van der Waals surface area (Å²) >= 11 is 0. The summed E-state index contributed by atoms with van der Waals surface area (Å²) in [5.74, 6) is -1.79. The van der Waals surface area contributed by atoms with Gasteiger partial charge in [-0.3, -0.25) is 18.6 Å². The Labute approximate surface area is 334 Å². The van der Waals surface area contributed by atoms with Gasteiger partial charge in [0, 0.05) is 13.0 Å². The lowest BCUT2D eigenvalue weighted by molar-refractivity contribution is -0.154. The molecule has 0 aliphatic heterocycles. The number of phosphoric ester groups is 1. The predicted octanol–water partition coefficient (Wildman–Crippen LogP) is 11.6. The van der Waals surface area contributed by atoms with Crippen molar-refractivity contribution in [3.8, 4) is 0 Å². The standard InChI is InChI=1S/C44H78NO9P/c1-3-5-7-9-11-13-15-16-17-18-19-20-21-22-23-24-25-26-27-28-30-32-34-36-43(46)54-41(39-52-55(49,50)53-40-42(45)44(47)48)38-51-37-35-33-31-29-14-12-10-8-6-4-2/h5,7,11,13,16-17,19-20,22-23,41-42H,3-4,6,8-10,12,14-15,18,21,24-40,45H2,1-2H3,(H,47,48)(H,49,50)/b7-5-,13-11-,17-16-,20-19-,23-22-. The predicted molar refractivity (Wildman–Crippen MR) is 226 cm³/mol. The summed E-state index contributed by atoms with van der Waals surface area (Å²) in [6, 6.07) is -1.48. The summed E-state index contributed by atoms with van der Waals surface area (Å²) in [5, 5.41) is 8.88. The lowest BCUT2D eigenvalue weighted by Crippen LogP contribution is -2.34. The fourth-order valence-electron chi connectivity index (χ4n) is 5.51. The van der Waals surface area contributed by atoms with Gasteiger partial charge in [-0.05, 0) is 57.8 Å². The molecule has 0 aromatic heterocycles. The van der Waals surface area contributed by atoms with Crippen molar-refractivity contribution in [2.24, 2.45) is 5.73 Å². The van der Waals surface area contributed by atoms with E-state index in [1.165, 1.54) is 64.2 Å². The SMILES string of the molecule is CC/C=C\C/C=C\C/C=C\C/C=C\C/C=C\CCCCCCCCCC(=O)OC(COCCCCCCCCCCCC)COP(=O)(O)OCC(N)C(=O)O. The van der Waals surface area contributed by atoms with E-state index in [0.29, 0.717) is 13.0 Å². The van der Waals surface area contributed by atoms with E-state index in [0.717, 1.165) is 77.0 Å². The van der Waals surface area contributed by atoms with Crippen LogP contribution in [0, 0.1) is 0 Å². The zero-order valence-electron chi connectivity index (χ0n) is 34.5. The largest absolute Gasteiger partial charge is 0.480 e. The van der Waals surface area contributed by atoms with Crippen LogP contribution in [0.5, 0.6) is 0 Å². The van der Waals surface area contributed by atoms with Crippen LogP contribution < -0.4 is 5.73 Å². The number of ether oxygens (including phenoxy) is 2. The number of nitrogens with two attached hydrogens (primary N) is 1. The van der Waals surface area contributed by atoms with E-state index in [1.807, 2.05) is 0 Å². The maximum atomic E-state index is 12.6. The number of aliphatic carboxylic acids is 1. The molecule has 0 rings (SSSR count). The molecule has 0 saturated heterocycles. The van der Waals surface area contributed by atoms with Crippen LogP contribution in [0.3, 0.4) is 0 Å². The second-order valence-electron chi connectivity index (χ2n) is 14.1. The van der Waals surface area contributed by atoms with E-state index in [-0.39, 0.29) is 13.0 Å². The topological polar surface area (TPSA) is 155 Å². The first kappa shape index (κ1) is 52.7. The molecule has 318 valence electrons. The van der Waals surface area contributed by atoms with Crippen molar-refractivity contribution in [1.82, 2.24) is 0 Å². The molecule has 0 saturated carbocycles.